The summed E-state index contributed by atoms with van der Waals surface area (Å²) in [5, 5.41) is 0. The van der Waals surface area contributed by atoms with Gasteiger partial charge in [0.2, 0.25) is 0 Å². The quantitative estimate of drug-likeness (QED) is 0.805. The second-order valence-electron chi connectivity index (χ2n) is 6.39. The van der Waals surface area contributed by atoms with E-state index in [1.807, 2.05) is 0 Å². The summed E-state index contributed by atoms with van der Waals surface area (Å²) in [5.41, 5.74) is 10.8. The van der Waals surface area contributed by atoms with Crippen LogP contribution in [0.2, 0.25) is 0 Å². The molecule has 2 aromatic carbocycles. The molecule has 0 spiro atoms. The van der Waals surface area contributed by atoms with Gasteiger partial charge in [0.1, 0.15) is 0 Å². The largest absolute Gasteiger partial charge is 0.323 e. The van der Waals surface area contributed by atoms with E-state index in [4.69, 9.17) is 5.73 Å². The van der Waals surface area contributed by atoms with Crippen LogP contribution in [0.3, 0.4) is 0 Å². The van der Waals surface area contributed by atoms with Crippen molar-refractivity contribution in [1.82, 2.24) is 0 Å². The minimum absolute atomic E-state index is 0.176. The second-order valence-corrected chi connectivity index (χ2v) is 6.39. The zero-order valence-corrected chi connectivity index (χ0v) is 12.9. The van der Waals surface area contributed by atoms with Gasteiger partial charge in [-0.1, -0.05) is 74.4 Å². The molecule has 1 nitrogen and oxygen atoms in total. The standard InChI is InChI=1S/C20H25N/c1-2-20(14-6-7-15-20)19(21)18-12-10-17(11-13-18)16-8-4-3-5-9-16/h3-5,8-13,19H,2,6-7,14-15,21H2,1H3. The molecule has 1 saturated carbocycles. The minimum Gasteiger partial charge on any atom is -0.323 e. The lowest BCUT2D eigenvalue weighted by Crippen LogP contribution is -2.31. The van der Waals surface area contributed by atoms with Gasteiger partial charge >= 0.3 is 0 Å². The minimum atomic E-state index is 0.176. The van der Waals surface area contributed by atoms with Crippen molar-refractivity contribution in [2.75, 3.05) is 0 Å². The summed E-state index contributed by atoms with van der Waals surface area (Å²) >= 11 is 0. The normalized spacial score (nSPS) is 18.6. The third-order valence-corrected chi connectivity index (χ3v) is 5.34. The van der Waals surface area contributed by atoms with Gasteiger partial charge in [0.15, 0.2) is 0 Å². The van der Waals surface area contributed by atoms with Crippen LogP contribution in [0.15, 0.2) is 54.6 Å². The van der Waals surface area contributed by atoms with Gasteiger partial charge in [0.05, 0.1) is 0 Å². The molecule has 0 heterocycles. The Morgan fingerprint density at radius 3 is 2.05 bits per heavy atom. The molecule has 1 fully saturated rings. The van der Waals surface area contributed by atoms with E-state index in [9.17, 15) is 0 Å². The second kappa shape index (κ2) is 6.03. The van der Waals surface area contributed by atoms with Crippen molar-refractivity contribution in [3.05, 3.63) is 60.2 Å². The third kappa shape index (κ3) is 2.75. The van der Waals surface area contributed by atoms with Crippen LogP contribution in [0.25, 0.3) is 11.1 Å². The van der Waals surface area contributed by atoms with E-state index in [1.165, 1.54) is 48.8 Å². The first kappa shape index (κ1) is 14.3. The average molecular weight is 279 g/mol. The van der Waals surface area contributed by atoms with Gasteiger partial charge in [-0.25, -0.2) is 0 Å². The van der Waals surface area contributed by atoms with Gasteiger partial charge < -0.3 is 5.73 Å². The van der Waals surface area contributed by atoms with E-state index < -0.39 is 0 Å². The molecule has 0 bridgehead atoms. The highest BCUT2D eigenvalue weighted by Gasteiger charge is 2.38. The van der Waals surface area contributed by atoms with E-state index in [0.717, 1.165) is 0 Å². The number of nitrogens with two attached hydrogens (primary N) is 1. The zero-order chi connectivity index (χ0) is 14.7. The van der Waals surface area contributed by atoms with E-state index in [0.29, 0.717) is 5.41 Å². The highest BCUT2D eigenvalue weighted by Crippen LogP contribution is 2.48. The van der Waals surface area contributed by atoms with Crippen LogP contribution in [-0.2, 0) is 0 Å². The molecule has 3 rings (SSSR count). The maximum Gasteiger partial charge on any atom is 0.0352 e. The molecule has 1 unspecified atom stereocenters. The summed E-state index contributed by atoms with van der Waals surface area (Å²) in [6.07, 6.45) is 6.43. The lowest BCUT2D eigenvalue weighted by Gasteiger charge is -2.34. The van der Waals surface area contributed by atoms with Crippen molar-refractivity contribution < 1.29 is 0 Å². The molecule has 0 aliphatic heterocycles. The number of hydrogen-bond donors (Lipinski definition) is 1. The first-order valence-corrected chi connectivity index (χ1v) is 8.16. The van der Waals surface area contributed by atoms with Gasteiger partial charge in [0.25, 0.3) is 0 Å². The van der Waals surface area contributed by atoms with Gasteiger partial charge in [0, 0.05) is 6.04 Å². The topological polar surface area (TPSA) is 26.0 Å². The molecule has 0 saturated heterocycles. The monoisotopic (exact) mass is 279 g/mol. The average Bonchev–Trinajstić information content (AvgIpc) is 3.05. The molecule has 1 aliphatic rings. The van der Waals surface area contributed by atoms with Crippen molar-refractivity contribution in [3.63, 3.8) is 0 Å². The Morgan fingerprint density at radius 2 is 1.48 bits per heavy atom. The lowest BCUT2D eigenvalue weighted by atomic mass is 9.74. The third-order valence-electron chi connectivity index (χ3n) is 5.34. The predicted octanol–water partition coefficient (Wildman–Crippen LogP) is 5.32. The van der Waals surface area contributed by atoms with Crippen molar-refractivity contribution in [1.29, 1.82) is 0 Å². The molecule has 0 aromatic heterocycles. The smallest absolute Gasteiger partial charge is 0.0352 e. The maximum absolute atomic E-state index is 6.63. The van der Waals surface area contributed by atoms with Crippen molar-refractivity contribution in [2.45, 2.75) is 45.1 Å². The highest BCUT2D eigenvalue weighted by atomic mass is 14.7. The summed E-state index contributed by atoms with van der Waals surface area (Å²) in [6.45, 7) is 2.30. The lowest BCUT2D eigenvalue weighted by molar-refractivity contribution is 0.222. The van der Waals surface area contributed by atoms with E-state index in [-0.39, 0.29) is 6.04 Å². The van der Waals surface area contributed by atoms with Gasteiger partial charge in [-0.2, -0.15) is 0 Å². The Balaban J connectivity index is 1.84. The summed E-state index contributed by atoms with van der Waals surface area (Å²) in [4.78, 5) is 0. The fraction of sp³-hybridized carbons (Fsp3) is 0.400. The number of rotatable bonds is 4. The van der Waals surface area contributed by atoms with Gasteiger partial charge in [-0.15, -0.1) is 0 Å². The molecule has 0 amide bonds. The van der Waals surface area contributed by atoms with E-state index >= 15 is 0 Å². The van der Waals surface area contributed by atoms with Gasteiger partial charge in [-0.05, 0) is 41.4 Å². The summed E-state index contributed by atoms with van der Waals surface area (Å²) in [5.74, 6) is 0. The Hall–Kier alpha value is -1.60. The van der Waals surface area contributed by atoms with Crippen molar-refractivity contribution in [3.8, 4) is 11.1 Å². The maximum atomic E-state index is 6.63. The molecular formula is C20H25N. The molecule has 21 heavy (non-hydrogen) atoms. The summed E-state index contributed by atoms with van der Waals surface area (Å²) < 4.78 is 0. The molecule has 1 heteroatoms. The molecule has 110 valence electrons. The molecule has 2 aromatic rings. The molecular weight excluding hydrogens is 254 g/mol. The van der Waals surface area contributed by atoms with Crippen LogP contribution in [0.4, 0.5) is 0 Å². The van der Waals surface area contributed by atoms with Crippen molar-refractivity contribution in [2.24, 2.45) is 11.1 Å². The fourth-order valence-corrected chi connectivity index (χ4v) is 3.83. The Labute approximate surface area is 128 Å². The number of hydrogen-bond acceptors (Lipinski definition) is 1. The first-order chi connectivity index (χ1) is 10.2. The Bertz CT molecular complexity index is 565. The number of benzene rings is 2. The van der Waals surface area contributed by atoms with Crippen LogP contribution in [0, 0.1) is 5.41 Å². The molecule has 1 aliphatic carbocycles. The van der Waals surface area contributed by atoms with Crippen LogP contribution >= 0.6 is 0 Å². The first-order valence-electron chi connectivity index (χ1n) is 8.16. The van der Waals surface area contributed by atoms with Gasteiger partial charge in [-0.3, -0.25) is 0 Å². The predicted molar refractivity (Wildman–Crippen MR) is 90.0 cm³/mol. The van der Waals surface area contributed by atoms with Crippen LogP contribution < -0.4 is 5.73 Å². The Morgan fingerprint density at radius 1 is 0.905 bits per heavy atom. The van der Waals surface area contributed by atoms with Crippen LogP contribution in [0.5, 0.6) is 0 Å². The fourth-order valence-electron chi connectivity index (χ4n) is 3.83. The zero-order valence-electron chi connectivity index (χ0n) is 12.9. The molecule has 1 atom stereocenters. The van der Waals surface area contributed by atoms with Crippen LogP contribution in [0.1, 0.15) is 50.6 Å². The molecule has 0 radical (unpaired) electrons. The van der Waals surface area contributed by atoms with E-state index in [2.05, 4.69) is 61.5 Å². The Kier molecular flexibility index (Phi) is 4.12. The summed E-state index contributed by atoms with van der Waals surface area (Å²) in [6, 6.07) is 19.6. The van der Waals surface area contributed by atoms with Crippen molar-refractivity contribution >= 4 is 0 Å². The summed E-state index contributed by atoms with van der Waals surface area (Å²) in [7, 11) is 0. The van der Waals surface area contributed by atoms with Crippen LogP contribution in [-0.4, -0.2) is 0 Å². The highest BCUT2D eigenvalue weighted by molar-refractivity contribution is 5.63. The molecule has 2 N–H and O–H groups in total. The SMILES string of the molecule is CCC1(C(N)c2ccc(-c3ccccc3)cc2)CCCC1. The van der Waals surface area contributed by atoms with E-state index in [1.54, 1.807) is 0 Å².